The van der Waals surface area contributed by atoms with Crippen molar-refractivity contribution in [1.82, 2.24) is 14.9 Å². The van der Waals surface area contributed by atoms with Crippen molar-refractivity contribution in [2.75, 3.05) is 0 Å². The zero-order chi connectivity index (χ0) is 18.0. The zero-order valence-electron chi connectivity index (χ0n) is 14.7. The number of para-hydroxylation sites is 2. The van der Waals surface area contributed by atoms with E-state index in [-0.39, 0.29) is 17.9 Å². The normalized spacial score (nSPS) is 21.8. The molecule has 2 N–H and O–H groups in total. The van der Waals surface area contributed by atoms with Crippen molar-refractivity contribution >= 4 is 22.9 Å². The molecule has 1 heterocycles. The van der Waals surface area contributed by atoms with Gasteiger partial charge in [0.1, 0.15) is 5.82 Å². The Morgan fingerprint density at radius 1 is 1.32 bits per heavy atom. The third-order valence-corrected chi connectivity index (χ3v) is 5.14. The van der Waals surface area contributed by atoms with Crippen LogP contribution in [0.1, 0.15) is 51.4 Å². The van der Waals surface area contributed by atoms with Gasteiger partial charge in [-0.2, -0.15) is 0 Å². The van der Waals surface area contributed by atoms with Gasteiger partial charge in [-0.3, -0.25) is 9.59 Å². The van der Waals surface area contributed by atoms with E-state index < -0.39 is 11.9 Å². The van der Waals surface area contributed by atoms with E-state index in [0.29, 0.717) is 12.8 Å². The number of hydrogen-bond donors (Lipinski definition) is 2. The summed E-state index contributed by atoms with van der Waals surface area (Å²) in [5.41, 5.74) is 1.98. The Balaban J connectivity index is 1.74. The van der Waals surface area contributed by atoms with Gasteiger partial charge in [0, 0.05) is 12.5 Å². The van der Waals surface area contributed by atoms with Gasteiger partial charge in [0.15, 0.2) is 0 Å². The maximum atomic E-state index is 12.6. The maximum Gasteiger partial charge on any atom is 0.306 e. The number of benzene rings is 1. The molecule has 1 saturated carbocycles. The van der Waals surface area contributed by atoms with Gasteiger partial charge in [-0.25, -0.2) is 4.98 Å². The number of rotatable bonds is 5. The third kappa shape index (κ3) is 3.52. The predicted molar refractivity (Wildman–Crippen MR) is 95.0 cm³/mol. The molecule has 1 fully saturated rings. The number of carbonyl (C=O) groups is 2. The van der Waals surface area contributed by atoms with Crippen LogP contribution < -0.4 is 5.32 Å². The second-order valence-electron chi connectivity index (χ2n) is 6.83. The van der Waals surface area contributed by atoms with E-state index in [1.54, 1.807) is 0 Å². The first kappa shape index (κ1) is 17.5. The molecule has 1 aromatic heterocycles. The summed E-state index contributed by atoms with van der Waals surface area (Å²) in [7, 11) is 0. The molecule has 0 spiro atoms. The van der Waals surface area contributed by atoms with Gasteiger partial charge in [0.2, 0.25) is 5.91 Å². The Kier molecular flexibility index (Phi) is 5.06. The first-order chi connectivity index (χ1) is 12.0. The molecule has 0 radical (unpaired) electrons. The third-order valence-electron chi connectivity index (χ3n) is 5.14. The fourth-order valence-electron chi connectivity index (χ4n) is 3.81. The minimum atomic E-state index is -0.793. The van der Waals surface area contributed by atoms with Gasteiger partial charge in [-0.1, -0.05) is 18.6 Å². The topological polar surface area (TPSA) is 84.2 Å². The lowest BCUT2D eigenvalue weighted by Crippen LogP contribution is -2.37. The summed E-state index contributed by atoms with van der Waals surface area (Å²) in [5, 5.41) is 12.2. The number of nitrogens with zero attached hydrogens (tertiary/aromatic N) is 2. The fraction of sp³-hybridized carbons (Fsp3) is 0.526. The molecule has 2 aromatic rings. The number of fused-ring (bicyclic) bond motifs is 1. The van der Waals surface area contributed by atoms with Crippen molar-refractivity contribution in [1.29, 1.82) is 0 Å². The first-order valence-electron chi connectivity index (χ1n) is 8.99. The molecule has 3 atom stereocenters. The average molecular weight is 343 g/mol. The molecule has 1 aliphatic carbocycles. The van der Waals surface area contributed by atoms with Crippen LogP contribution in [0.3, 0.4) is 0 Å². The standard InChI is InChI=1S/C19H25N3O3/c1-3-22-16-10-5-4-9-15(16)21-17(22)12(2)20-18(23)13-7-6-8-14(11-13)19(24)25/h4-5,9-10,12-14H,3,6-8,11H2,1-2H3,(H,20,23)(H,24,25). The van der Waals surface area contributed by atoms with Crippen LogP contribution in [0.5, 0.6) is 0 Å². The molecule has 6 heteroatoms. The van der Waals surface area contributed by atoms with E-state index in [4.69, 9.17) is 0 Å². The van der Waals surface area contributed by atoms with E-state index in [1.165, 1.54) is 0 Å². The van der Waals surface area contributed by atoms with Gasteiger partial charge in [-0.05, 0) is 45.2 Å². The van der Waals surface area contributed by atoms with Crippen LogP contribution in [0.2, 0.25) is 0 Å². The molecule has 134 valence electrons. The average Bonchev–Trinajstić information content (AvgIpc) is 3.00. The lowest BCUT2D eigenvalue weighted by molar-refractivity contribution is -0.144. The first-order valence-corrected chi connectivity index (χ1v) is 8.99. The number of imidazole rings is 1. The van der Waals surface area contributed by atoms with Gasteiger partial charge in [0.05, 0.1) is 23.0 Å². The summed E-state index contributed by atoms with van der Waals surface area (Å²) < 4.78 is 2.11. The Morgan fingerprint density at radius 2 is 2.04 bits per heavy atom. The van der Waals surface area contributed by atoms with Crippen LogP contribution >= 0.6 is 0 Å². The van der Waals surface area contributed by atoms with Crippen LogP contribution in [0.15, 0.2) is 24.3 Å². The lowest BCUT2D eigenvalue weighted by atomic mass is 9.81. The van der Waals surface area contributed by atoms with Gasteiger partial charge in [-0.15, -0.1) is 0 Å². The quantitative estimate of drug-likeness (QED) is 0.873. The Hall–Kier alpha value is -2.37. The second kappa shape index (κ2) is 7.25. The molecule has 0 aliphatic heterocycles. The van der Waals surface area contributed by atoms with Crippen molar-refractivity contribution in [2.45, 2.75) is 52.1 Å². The molecular weight excluding hydrogens is 318 g/mol. The molecule has 6 nitrogen and oxygen atoms in total. The molecule has 1 aliphatic rings. The highest BCUT2D eigenvalue weighted by molar-refractivity contribution is 5.81. The van der Waals surface area contributed by atoms with E-state index in [9.17, 15) is 14.7 Å². The monoisotopic (exact) mass is 343 g/mol. The van der Waals surface area contributed by atoms with Crippen molar-refractivity contribution in [3.05, 3.63) is 30.1 Å². The Labute approximate surface area is 147 Å². The number of nitrogens with one attached hydrogen (secondary N) is 1. The fourth-order valence-corrected chi connectivity index (χ4v) is 3.81. The number of aryl methyl sites for hydroxylation is 1. The van der Waals surface area contributed by atoms with Gasteiger partial charge < -0.3 is 15.0 Å². The summed E-state index contributed by atoms with van der Waals surface area (Å²) in [5.74, 6) is -0.647. The number of carbonyl (C=O) groups excluding carboxylic acids is 1. The number of hydrogen-bond acceptors (Lipinski definition) is 3. The number of aliphatic carboxylic acids is 1. The zero-order valence-corrected chi connectivity index (χ0v) is 14.7. The van der Waals surface area contributed by atoms with Gasteiger partial charge >= 0.3 is 5.97 Å². The molecule has 3 unspecified atom stereocenters. The summed E-state index contributed by atoms with van der Waals surface area (Å²) >= 11 is 0. The van der Waals surface area contributed by atoms with Crippen molar-refractivity contribution < 1.29 is 14.7 Å². The molecule has 0 saturated heterocycles. The minimum absolute atomic E-state index is 0.0619. The number of amides is 1. The van der Waals surface area contributed by atoms with Crippen LogP contribution in [0.25, 0.3) is 11.0 Å². The molecule has 0 bridgehead atoms. The van der Waals surface area contributed by atoms with Crippen LogP contribution in [0.4, 0.5) is 0 Å². The highest BCUT2D eigenvalue weighted by Gasteiger charge is 2.32. The minimum Gasteiger partial charge on any atom is -0.481 e. The SMILES string of the molecule is CCn1c(C(C)NC(=O)C2CCCC(C(=O)O)C2)nc2ccccc21. The molecule has 25 heavy (non-hydrogen) atoms. The van der Waals surface area contributed by atoms with Crippen LogP contribution in [-0.4, -0.2) is 26.5 Å². The number of aromatic nitrogens is 2. The summed E-state index contributed by atoms with van der Waals surface area (Å²) in [4.78, 5) is 28.5. The van der Waals surface area contributed by atoms with E-state index in [2.05, 4.69) is 21.8 Å². The second-order valence-corrected chi connectivity index (χ2v) is 6.83. The van der Waals surface area contributed by atoms with Crippen LogP contribution in [-0.2, 0) is 16.1 Å². The molecule has 1 aromatic carbocycles. The summed E-state index contributed by atoms with van der Waals surface area (Å²) in [6.45, 7) is 4.77. The summed E-state index contributed by atoms with van der Waals surface area (Å²) in [6.07, 6.45) is 2.64. The molecular formula is C19H25N3O3. The highest BCUT2D eigenvalue weighted by atomic mass is 16.4. The van der Waals surface area contributed by atoms with E-state index in [0.717, 1.165) is 36.2 Å². The maximum absolute atomic E-state index is 12.6. The van der Waals surface area contributed by atoms with Gasteiger partial charge in [0.25, 0.3) is 0 Å². The molecule has 1 amide bonds. The van der Waals surface area contributed by atoms with Crippen LogP contribution in [0, 0.1) is 11.8 Å². The number of carboxylic acids is 1. The Bertz CT molecular complexity index is 783. The van der Waals surface area contributed by atoms with Crippen molar-refractivity contribution in [3.8, 4) is 0 Å². The predicted octanol–water partition coefficient (Wildman–Crippen LogP) is 3.12. The van der Waals surface area contributed by atoms with Crippen molar-refractivity contribution in [3.63, 3.8) is 0 Å². The smallest absolute Gasteiger partial charge is 0.306 e. The highest BCUT2D eigenvalue weighted by Crippen LogP contribution is 2.30. The largest absolute Gasteiger partial charge is 0.481 e. The lowest BCUT2D eigenvalue weighted by Gasteiger charge is -2.27. The molecule has 3 rings (SSSR count). The summed E-state index contributed by atoms with van der Waals surface area (Å²) in [6, 6.07) is 7.72. The van der Waals surface area contributed by atoms with Crippen molar-refractivity contribution in [2.24, 2.45) is 11.8 Å². The Morgan fingerprint density at radius 3 is 2.76 bits per heavy atom. The van der Waals surface area contributed by atoms with E-state index >= 15 is 0 Å². The number of carboxylic acid groups (broad SMARTS) is 1. The van der Waals surface area contributed by atoms with E-state index in [1.807, 2.05) is 31.2 Å².